The molecule has 3 atom stereocenters. The van der Waals surface area contributed by atoms with E-state index < -0.39 is 41.8 Å². The summed E-state index contributed by atoms with van der Waals surface area (Å²) in [5.41, 5.74) is 12.1. The molecule has 0 bridgehead atoms. The van der Waals surface area contributed by atoms with Gasteiger partial charge in [-0.25, -0.2) is 4.79 Å². The van der Waals surface area contributed by atoms with Crippen molar-refractivity contribution in [1.82, 2.24) is 15.6 Å². The van der Waals surface area contributed by atoms with E-state index in [2.05, 4.69) is 15.6 Å². The van der Waals surface area contributed by atoms with Gasteiger partial charge >= 0.3 is 5.97 Å². The molecule has 0 radical (unpaired) electrons. The number of aliphatic carboxylic acids is 1. The number of fused-ring (bicyclic) bond motifs is 1. The molecule has 0 saturated heterocycles. The second-order valence-electron chi connectivity index (χ2n) is 6.47. The van der Waals surface area contributed by atoms with Crippen LogP contribution in [-0.2, 0) is 25.6 Å². The number of rotatable bonds is 9. The van der Waals surface area contributed by atoms with E-state index in [9.17, 15) is 24.3 Å². The first-order valence-electron chi connectivity index (χ1n) is 8.61. The SMILES string of the molecule is CC(NC(=O)C(N)CC(N)=O)C(=O)NC(Cc1c[nH]c2ccccc12)C(=O)O. The fourth-order valence-electron chi connectivity index (χ4n) is 2.71. The summed E-state index contributed by atoms with van der Waals surface area (Å²) in [7, 11) is 0. The smallest absolute Gasteiger partial charge is 0.326 e. The van der Waals surface area contributed by atoms with Gasteiger partial charge in [0.05, 0.1) is 12.5 Å². The lowest BCUT2D eigenvalue weighted by molar-refractivity contribution is -0.142. The highest BCUT2D eigenvalue weighted by atomic mass is 16.4. The number of carboxylic acid groups (broad SMARTS) is 1. The number of nitrogens with two attached hydrogens (primary N) is 2. The average molecular weight is 389 g/mol. The lowest BCUT2D eigenvalue weighted by Gasteiger charge is -2.20. The quantitative estimate of drug-likeness (QED) is 0.319. The minimum absolute atomic E-state index is 0.0624. The van der Waals surface area contributed by atoms with Crippen LogP contribution in [0, 0.1) is 0 Å². The molecule has 0 aliphatic rings. The first-order chi connectivity index (χ1) is 13.2. The van der Waals surface area contributed by atoms with Crippen molar-refractivity contribution in [2.24, 2.45) is 11.5 Å². The Labute approximate surface area is 160 Å². The van der Waals surface area contributed by atoms with E-state index >= 15 is 0 Å². The van der Waals surface area contributed by atoms with Gasteiger partial charge < -0.3 is 32.2 Å². The van der Waals surface area contributed by atoms with Gasteiger partial charge in [-0.1, -0.05) is 18.2 Å². The maximum atomic E-state index is 12.3. The van der Waals surface area contributed by atoms with Gasteiger partial charge in [-0.2, -0.15) is 0 Å². The Morgan fingerprint density at radius 1 is 1.14 bits per heavy atom. The summed E-state index contributed by atoms with van der Waals surface area (Å²) in [5.74, 6) is -3.37. The second-order valence-corrected chi connectivity index (χ2v) is 6.47. The van der Waals surface area contributed by atoms with E-state index in [1.54, 1.807) is 6.20 Å². The van der Waals surface area contributed by atoms with E-state index in [-0.39, 0.29) is 12.8 Å². The molecule has 8 N–H and O–H groups in total. The van der Waals surface area contributed by atoms with Crippen LogP contribution in [0.15, 0.2) is 30.5 Å². The number of carbonyl (C=O) groups excluding carboxylic acids is 3. The van der Waals surface area contributed by atoms with Gasteiger partial charge in [0.2, 0.25) is 17.7 Å². The van der Waals surface area contributed by atoms with Crippen molar-refractivity contribution in [2.75, 3.05) is 0 Å². The van der Waals surface area contributed by atoms with Crippen LogP contribution in [0.5, 0.6) is 0 Å². The van der Waals surface area contributed by atoms with Crippen molar-refractivity contribution in [1.29, 1.82) is 0 Å². The molecular formula is C18H23N5O5. The number of aromatic amines is 1. The van der Waals surface area contributed by atoms with Gasteiger partial charge in [-0.3, -0.25) is 14.4 Å². The number of nitrogens with one attached hydrogen (secondary N) is 3. The Morgan fingerprint density at radius 3 is 2.46 bits per heavy atom. The van der Waals surface area contributed by atoms with Crippen LogP contribution in [0.25, 0.3) is 10.9 Å². The van der Waals surface area contributed by atoms with Crippen molar-refractivity contribution in [2.45, 2.75) is 37.9 Å². The maximum absolute atomic E-state index is 12.3. The highest BCUT2D eigenvalue weighted by Crippen LogP contribution is 2.19. The molecule has 2 rings (SSSR count). The van der Waals surface area contributed by atoms with Crippen LogP contribution in [0.1, 0.15) is 18.9 Å². The van der Waals surface area contributed by atoms with Gasteiger partial charge in [-0.15, -0.1) is 0 Å². The minimum atomic E-state index is -1.21. The summed E-state index contributed by atoms with van der Waals surface area (Å²) in [6.07, 6.45) is 1.40. The third kappa shape index (κ3) is 5.30. The Kier molecular flexibility index (Phi) is 6.72. The number of primary amides is 1. The number of carbonyl (C=O) groups is 4. The van der Waals surface area contributed by atoms with Crippen molar-refractivity contribution in [3.63, 3.8) is 0 Å². The summed E-state index contributed by atoms with van der Waals surface area (Å²) in [5, 5.41) is 15.1. The van der Waals surface area contributed by atoms with E-state index in [4.69, 9.17) is 11.5 Å². The molecule has 10 heteroatoms. The Morgan fingerprint density at radius 2 is 1.82 bits per heavy atom. The molecular weight excluding hydrogens is 366 g/mol. The van der Waals surface area contributed by atoms with Crippen LogP contribution >= 0.6 is 0 Å². The third-order valence-corrected chi connectivity index (χ3v) is 4.22. The normalized spacial score (nSPS) is 14.1. The Balaban J connectivity index is 2.01. The molecule has 10 nitrogen and oxygen atoms in total. The molecule has 1 aromatic heterocycles. The molecule has 150 valence electrons. The highest BCUT2D eigenvalue weighted by Gasteiger charge is 2.26. The number of benzene rings is 1. The number of hydrogen-bond acceptors (Lipinski definition) is 5. The van der Waals surface area contributed by atoms with Gasteiger partial charge in [-0.05, 0) is 18.6 Å². The molecule has 3 amide bonds. The molecule has 0 aliphatic carbocycles. The zero-order chi connectivity index (χ0) is 20.8. The van der Waals surface area contributed by atoms with Crippen molar-refractivity contribution in [3.8, 4) is 0 Å². The molecule has 0 spiro atoms. The fourth-order valence-corrected chi connectivity index (χ4v) is 2.71. The zero-order valence-corrected chi connectivity index (χ0v) is 15.3. The number of carboxylic acids is 1. The van der Waals surface area contributed by atoms with E-state index in [1.807, 2.05) is 24.3 Å². The van der Waals surface area contributed by atoms with Crippen molar-refractivity contribution >= 4 is 34.6 Å². The molecule has 1 heterocycles. The van der Waals surface area contributed by atoms with Gasteiger partial charge in [0.25, 0.3) is 0 Å². The minimum Gasteiger partial charge on any atom is -0.480 e. The number of H-pyrrole nitrogens is 1. The zero-order valence-electron chi connectivity index (χ0n) is 15.3. The second kappa shape index (κ2) is 9.00. The summed E-state index contributed by atoms with van der Waals surface area (Å²) in [4.78, 5) is 49.6. The Hall–Kier alpha value is -3.40. The molecule has 1 aromatic carbocycles. The highest BCUT2D eigenvalue weighted by molar-refractivity contribution is 5.93. The van der Waals surface area contributed by atoms with Crippen molar-refractivity contribution < 1.29 is 24.3 Å². The average Bonchev–Trinajstić information content (AvgIpc) is 3.03. The maximum Gasteiger partial charge on any atom is 0.326 e. The Bertz CT molecular complexity index is 893. The summed E-state index contributed by atoms with van der Waals surface area (Å²) < 4.78 is 0. The molecule has 3 unspecified atom stereocenters. The van der Waals surface area contributed by atoms with Crippen LogP contribution in [0.2, 0.25) is 0 Å². The van der Waals surface area contributed by atoms with Crippen LogP contribution in [0.4, 0.5) is 0 Å². The largest absolute Gasteiger partial charge is 0.480 e. The fraction of sp³-hybridized carbons (Fsp3) is 0.333. The van der Waals surface area contributed by atoms with E-state index in [0.717, 1.165) is 16.5 Å². The number of hydrogen-bond donors (Lipinski definition) is 6. The summed E-state index contributed by atoms with van der Waals surface area (Å²) in [6.45, 7) is 1.38. The molecule has 28 heavy (non-hydrogen) atoms. The van der Waals surface area contributed by atoms with Gasteiger partial charge in [0, 0.05) is 23.5 Å². The van der Waals surface area contributed by atoms with Crippen LogP contribution < -0.4 is 22.1 Å². The van der Waals surface area contributed by atoms with Crippen LogP contribution in [0.3, 0.4) is 0 Å². The summed E-state index contributed by atoms with van der Waals surface area (Å²) >= 11 is 0. The lowest BCUT2D eigenvalue weighted by Crippen LogP contribution is -2.54. The number of aromatic nitrogens is 1. The molecule has 0 fully saturated rings. The van der Waals surface area contributed by atoms with E-state index in [0.29, 0.717) is 0 Å². The molecule has 0 aliphatic heterocycles. The first kappa shape index (κ1) is 20.9. The van der Waals surface area contributed by atoms with Crippen LogP contribution in [-0.4, -0.2) is 51.9 Å². The van der Waals surface area contributed by atoms with Gasteiger partial charge in [0.1, 0.15) is 12.1 Å². The number of amides is 3. The predicted molar refractivity (Wildman–Crippen MR) is 101 cm³/mol. The monoisotopic (exact) mass is 389 g/mol. The standard InChI is InChI=1S/C18H23N5O5/c1-9(22-17(26)12(19)7-15(20)24)16(25)23-14(18(27)28)6-10-8-21-13-5-3-2-4-11(10)13/h2-5,8-9,12,14,21H,6-7,19H2,1H3,(H2,20,24)(H,22,26)(H,23,25)(H,27,28). The summed E-state index contributed by atoms with van der Waals surface area (Å²) in [6, 6.07) is 3.98. The molecule has 2 aromatic rings. The predicted octanol–water partition coefficient (Wildman–Crippen LogP) is -1.01. The topological polar surface area (TPSA) is 180 Å². The van der Waals surface area contributed by atoms with E-state index in [1.165, 1.54) is 6.92 Å². The first-order valence-corrected chi connectivity index (χ1v) is 8.61. The van der Waals surface area contributed by atoms with Gasteiger partial charge in [0.15, 0.2) is 0 Å². The lowest BCUT2D eigenvalue weighted by atomic mass is 10.0. The van der Waals surface area contributed by atoms with Crippen molar-refractivity contribution in [3.05, 3.63) is 36.0 Å². The number of para-hydroxylation sites is 1. The third-order valence-electron chi connectivity index (χ3n) is 4.22. The molecule has 0 saturated carbocycles.